The number of aromatic amines is 1. The van der Waals surface area contributed by atoms with E-state index in [-0.39, 0.29) is 11.8 Å². The molecule has 1 atom stereocenters. The minimum atomic E-state index is -1.05. The second-order valence-corrected chi connectivity index (χ2v) is 3.47. The van der Waals surface area contributed by atoms with E-state index in [9.17, 15) is 9.59 Å². The number of anilines is 1. The Morgan fingerprint density at radius 1 is 1.65 bits per heavy atom. The number of carbonyl (C=O) groups is 1. The van der Waals surface area contributed by atoms with E-state index in [0.717, 1.165) is 6.07 Å². The zero-order chi connectivity index (χ0) is 12.8. The van der Waals surface area contributed by atoms with E-state index in [2.05, 4.69) is 15.3 Å². The van der Waals surface area contributed by atoms with Crippen LogP contribution in [0.2, 0.25) is 0 Å². The van der Waals surface area contributed by atoms with Crippen molar-refractivity contribution in [1.82, 2.24) is 9.97 Å². The van der Waals surface area contributed by atoms with Gasteiger partial charge in [0.15, 0.2) is 0 Å². The number of aliphatic carboxylic acids is 1. The third-order valence-corrected chi connectivity index (χ3v) is 2.03. The number of H-pyrrole nitrogens is 1. The lowest BCUT2D eigenvalue weighted by molar-refractivity contribution is -0.138. The summed E-state index contributed by atoms with van der Waals surface area (Å²) < 4.78 is 0. The summed E-state index contributed by atoms with van der Waals surface area (Å²) in [6, 6.07) is 0.0545. The van der Waals surface area contributed by atoms with Crippen molar-refractivity contribution >= 4 is 11.9 Å². The number of nitrogens with two attached hydrogens (primary N) is 1. The number of hydrogen-bond donors (Lipinski definition) is 5. The zero-order valence-corrected chi connectivity index (χ0v) is 9.01. The molecule has 0 fully saturated rings. The highest BCUT2D eigenvalue weighted by Gasteiger charge is 2.10. The van der Waals surface area contributed by atoms with Crippen molar-refractivity contribution < 1.29 is 15.0 Å². The second-order valence-electron chi connectivity index (χ2n) is 3.47. The summed E-state index contributed by atoms with van der Waals surface area (Å²) in [7, 11) is 0. The third-order valence-electron chi connectivity index (χ3n) is 2.03. The highest BCUT2D eigenvalue weighted by molar-refractivity contribution is 5.72. The van der Waals surface area contributed by atoms with Crippen LogP contribution in [0.3, 0.4) is 0 Å². The molecule has 1 heterocycles. The Balaban J connectivity index is 2.36. The van der Waals surface area contributed by atoms with E-state index in [1.54, 1.807) is 0 Å². The van der Waals surface area contributed by atoms with Crippen LogP contribution in [0.25, 0.3) is 0 Å². The lowest BCUT2D eigenvalue weighted by atomic mass is 10.2. The summed E-state index contributed by atoms with van der Waals surface area (Å²) in [4.78, 5) is 27.4. The molecular weight excluding hydrogens is 228 g/mol. The third kappa shape index (κ3) is 4.51. The fourth-order valence-corrected chi connectivity index (χ4v) is 1.18. The van der Waals surface area contributed by atoms with E-state index in [0.29, 0.717) is 19.4 Å². The predicted octanol–water partition coefficient (Wildman–Crippen LogP) is -0.921. The first-order valence-corrected chi connectivity index (χ1v) is 5.01. The van der Waals surface area contributed by atoms with Crippen LogP contribution >= 0.6 is 0 Å². The van der Waals surface area contributed by atoms with Gasteiger partial charge in [-0.15, -0.1) is 0 Å². The Bertz CT molecular complexity index is 445. The summed E-state index contributed by atoms with van der Waals surface area (Å²) in [6.45, 7) is 0.396. The number of carboxylic acids is 1. The fourth-order valence-electron chi connectivity index (χ4n) is 1.18. The number of rotatable bonds is 6. The normalized spacial score (nSPS) is 12.1. The van der Waals surface area contributed by atoms with Crippen LogP contribution in [0.4, 0.5) is 5.95 Å². The number of aromatic nitrogens is 2. The molecule has 0 aliphatic carbocycles. The van der Waals surface area contributed by atoms with Crippen LogP contribution in [-0.2, 0) is 4.79 Å². The molecule has 0 aliphatic heterocycles. The summed E-state index contributed by atoms with van der Waals surface area (Å²) in [6.07, 6.45) is 0.818. The predicted molar refractivity (Wildman–Crippen MR) is 59.9 cm³/mol. The van der Waals surface area contributed by atoms with Crippen molar-refractivity contribution in [3.63, 3.8) is 0 Å². The molecule has 0 aromatic carbocycles. The van der Waals surface area contributed by atoms with Crippen LogP contribution in [0, 0.1) is 0 Å². The second kappa shape index (κ2) is 5.85. The highest BCUT2D eigenvalue weighted by atomic mass is 16.4. The minimum absolute atomic E-state index is 0.138. The molecular formula is C9H14N4O4. The van der Waals surface area contributed by atoms with Gasteiger partial charge in [0.1, 0.15) is 6.04 Å². The van der Waals surface area contributed by atoms with Crippen molar-refractivity contribution in [2.45, 2.75) is 18.9 Å². The molecule has 0 bridgehead atoms. The maximum absolute atomic E-state index is 10.9. The van der Waals surface area contributed by atoms with Crippen LogP contribution < -0.4 is 16.6 Å². The summed E-state index contributed by atoms with van der Waals surface area (Å²) >= 11 is 0. The van der Waals surface area contributed by atoms with Crippen molar-refractivity contribution in [2.75, 3.05) is 11.9 Å². The van der Waals surface area contributed by atoms with Crippen molar-refractivity contribution in [1.29, 1.82) is 0 Å². The van der Waals surface area contributed by atoms with Gasteiger partial charge in [-0.05, 0) is 12.8 Å². The molecule has 6 N–H and O–H groups in total. The van der Waals surface area contributed by atoms with Gasteiger partial charge in [-0.2, -0.15) is 4.98 Å². The Labute approximate surface area is 96.5 Å². The molecule has 0 saturated carbocycles. The van der Waals surface area contributed by atoms with Crippen LogP contribution in [0.15, 0.2) is 10.9 Å². The number of nitrogens with zero attached hydrogens (tertiary/aromatic N) is 1. The Morgan fingerprint density at radius 2 is 2.35 bits per heavy atom. The number of aromatic hydroxyl groups is 1. The van der Waals surface area contributed by atoms with Gasteiger partial charge in [0.2, 0.25) is 11.8 Å². The fraction of sp³-hybridized carbons (Fsp3) is 0.444. The summed E-state index contributed by atoms with van der Waals surface area (Å²) in [5.74, 6) is -1.29. The molecule has 1 unspecified atom stereocenters. The van der Waals surface area contributed by atoms with Gasteiger partial charge in [-0.25, -0.2) is 0 Å². The molecule has 0 saturated heterocycles. The standard InChI is InChI=1S/C9H14N4O4/c10-5(8(16)17)2-1-3-11-9-12-6(14)4-7(15)13-9/h4-5H,1-3,10H2,(H,16,17)(H3,11,12,13,14,15). The maximum Gasteiger partial charge on any atom is 0.320 e. The molecule has 0 aliphatic rings. The number of nitrogens with one attached hydrogen (secondary N) is 2. The molecule has 8 heteroatoms. The average molecular weight is 242 g/mol. The highest BCUT2D eigenvalue weighted by Crippen LogP contribution is 2.03. The smallest absolute Gasteiger partial charge is 0.320 e. The zero-order valence-electron chi connectivity index (χ0n) is 9.01. The van der Waals surface area contributed by atoms with Gasteiger partial charge < -0.3 is 21.3 Å². The Hall–Kier alpha value is -2.09. The van der Waals surface area contributed by atoms with E-state index in [4.69, 9.17) is 15.9 Å². The van der Waals surface area contributed by atoms with Crippen LogP contribution in [0.5, 0.6) is 5.88 Å². The van der Waals surface area contributed by atoms with Crippen molar-refractivity contribution in [3.8, 4) is 5.88 Å². The first kappa shape index (κ1) is 13.0. The first-order chi connectivity index (χ1) is 7.99. The molecule has 1 aromatic rings. The number of carboxylic acid groups (broad SMARTS) is 1. The molecule has 8 nitrogen and oxygen atoms in total. The minimum Gasteiger partial charge on any atom is -0.493 e. The van der Waals surface area contributed by atoms with Gasteiger partial charge in [-0.3, -0.25) is 14.6 Å². The van der Waals surface area contributed by atoms with Gasteiger partial charge in [0, 0.05) is 6.54 Å². The first-order valence-electron chi connectivity index (χ1n) is 5.01. The van der Waals surface area contributed by atoms with Gasteiger partial charge >= 0.3 is 5.97 Å². The van der Waals surface area contributed by atoms with Crippen LogP contribution in [-0.4, -0.2) is 38.7 Å². The molecule has 0 spiro atoms. The SMILES string of the molecule is NC(CCCNc1nc(O)cc(=O)[nH]1)C(=O)O. The summed E-state index contributed by atoms with van der Waals surface area (Å²) in [5.41, 5.74) is 4.83. The van der Waals surface area contributed by atoms with Crippen LogP contribution in [0.1, 0.15) is 12.8 Å². The van der Waals surface area contributed by atoms with E-state index >= 15 is 0 Å². The summed E-state index contributed by atoms with van der Waals surface area (Å²) in [5, 5.41) is 20.3. The maximum atomic E-state index is 10.9. The topological polar surface area (TPSA) is 141 Å². The molecule has 1 rings (SSSR count). The lowest BCUT2D eigenvalue weighted by Gasteiger charge is -2.07. The lowest BCUT2D eigenvalue weighted by Crippen LogP contribution is -2.30. The largest absolute Gasteiger partial charge is 0.493 e. The van der Waals surface area contributed by atoms with Gasteiger partial charge in [-0.1, -0.05) is 0 Å². The molecule has 17 heavy (non-hydrogen) atoms. The molecule has 0 radical (unpaired) electrons. The van der Waals surface area contributed by atoms with E-state index < -0.39 is 17.6 Å². The van der Waals surface area contributed by atoms with Gasteiger partial charge in [0.05, 0.1) is 6.07 Å². The monoisotopic (exact) mass is 242 g/mol. The average Bonchev–Trinajstić information content (AvgIpc) is 2.22. The van der Waals surface area contributed by atoms with Crippen molar-refractivity contribution in [2.24, 2.45) is 5.73 Å². The Morgan fingerprint density at radius 3 is 2.94 bits per heavy atom. The van der Waals surface area contributed by atoms with Crippen molar-refractivity contribution in [3.05, 3.63) is 16.4 Å². The molecule has 94 valence electrons. The molecule has 1 aromatic heterocycles. The van der Waals surface area contributed by atoms with Gasteiger partial charge in [0.25, 0.3) is 5.56 Å². The molecule has 0 amide bonds. The van der Waals surface area contributed by atoms with E-state index in [1.807, 2.05) is 0 Å². The Kier molecular flexibility index (Phi) is 4.46. The number of hydrogen-bond acceptors (Lipinski definition) is 6. The van der Waals surface area contributed by atoms with E-state index in [1.165, 1.54) is 0 Å². The quantitative estimate of drug-likeness (QED) is 0.406.